The van der Waals surface area contributed by atoms with Crippen LogP contribution in [0.1, 0.15) is 0 Å². The Bertz CT molecular complexity index is 387. The summed E-state index contributed by atoms with van der Waals surface area (Å²) in [6.07, 6.45) is 5.63. The molecule has 0 spiro atoms. The molecule has 0 radical (unpaired) electrons. The summed E-state index contributed by atoms with van der Waals surface area (Å²) in [6, 6.07) is 0. The predicted octanol–water partition coefficient (Wildman–Crippen LogP) is -0.834. The van der Waals surface area contributed by atoms with Crippen LogP contribution in [0.5, 0.6) is 0 Å². The quantitative estimate of drug-likeness (QED) is 0.510. The summed E-state index contributed by atoms with van der Waals surface area (Å²) < 4.78 is 30.4. The van der Waals surface area contributed by atoms with E-state index in [0.29, 0.717) is 12.0 Å². The molecular weight excluding hydrogens is 194 g/mol. The summed E-state index contributed by atoms with van der Waals surface area (Å²) in [4.78, 5) is 7.41. The highest BCUT2D eigenvalue weighted by atomic mass is 32.2. The Balaban J connectivity index is 2.59. The fourth-order valence-corrected chi connectivity index (χ4v) is 1.01. The Labute approximate surface area is 75.3 Å². The Morgan fingerprint density at radius 1 is 1.38 bits per heavy atom. The van der Waals surface area contributed by atoms with E-state index in [-0.39, 0.29) is 0 Å². The van der Waals surface area contributed by atoms with Crippen molar-refractivity contribution in [1.29, 1.82) is 0 Å². The number of nitrogens with zero attached hydrogens (tertiary/aromatic N) is 3. The largest absolute Gasteiger partial charge is 0.287 e. The van der Waals surface area contributed by atoms with E-state index in [1.54, 1.807) is 4.57 Å². The summed E-state index contributed by atoms with van der Waals surface area (Å²) >= 11 is 0. The maximum absolute atomic E-state index is 10.2. The molecule has 0 atom stereocenters. The normalized spacial score (nSPS) is 12.1. The number of hydrogen-bond donors (Lipinski definition) is 1. The predicted molar refractivity (Wildman–Crippen MR) is 42.9 cm³/mol. The lowest BCUT2D eigenvalue weighted by Gasteiger charge is -1.90. The van der Waals surface area contributed by atoms with Gasteiger partial charge in [-0.2, -0.15) is 8.42 Å². The fraction of sp³-hybridized carbons (Fsp3) is 0.167. The van der Waals surface area contributed by atoms with E-state index in [1.165, 1.54) is 25.1 Å². The molecule has 0 aliphatic heterocycles. The van der Waals surface area contributed by atoms with Crippen LogP contribution in [0.2, 0.25) is 0 Å². The fourth-order valence-electron chi connectivity index (χ4n) is 0.680. The Morgan fingerprint density at radius 2 is 2.00 bits per heavy atom. The van der Waals surface area contributed by atoms with E-state index >= 15 is 0 Å². The molecular formula is C6H8N3O3S+. The summed E-state index contributed by atoms with van der Waals surface area (Å²) in [5.41, 5.74) is 0. The van der Waals surface area contributed by atoms with Crippen molar-refractivity contribution in [3.05, 3.63) is 30.5 Å². The molecule has 0 aromatic carbocycles. The van der Waals surface area contributed by atoms with Crippen LogP contribution in [0, 0.1) is 0 Å². The standard InChI is InChI=1S/C6H7N3O3S/c10-13(11,12)3-1-2-9-5-7-4-8-6-9/h1,3-6H,2H2/p+1/b3-1+. The van der Waals surface area contributed by atoms with Gasteiger partial charge in [0.25, 0.3) is 16.4 Å². The third kappa shape index (κ3) is 4.28. The zero-order valence-corrected chi connectivity index (χ0v) is 7.42. The van der Waals surface area contributed by atoms with Crippen LogP contribution >= 0.6 is 0 Å². The third-order valence-electron chi connectivity index (χ3n) is 1.15. The van der Waals surface area contributed by atoms with Crippen molar-refractivity contribution in [2.45, 2.75) is 6.54 Å². The van der Waals surface area contributed by atoms with Crippen molar-refractivity contribution in [2.24, 2.45) is 0 Å². The monoisotopic (exact) mass is 202 g/mol. The van der Waals surface area contributed by atoms with E-state index in [1.807, 2.05) is 0 Å². The van der Waals surface area contributed by atoms with Crippen LogP contribution < -0.4 is 4.57 Å². The van der Waals surface area contributed by atoms with Gasteiger partial charge in [0.1, 0.15) is 0 Å². The average molecular weight is 202 g/mol. The molecule has 0 aliphatic rings. The first kappa shape index (κ1) is 9.75. The van der Waals surface area contributed by atoms with Gasteiger partial charge in [0.05, 0.1) is 12.0 Å². The molecule has 0 fully saturated rings. The molecule has 6 nitrogen and oxygen atoms in total. The smallest absolute Gasteiger partial charge is 0.282 e. The maximum Gasteiger partial charge on any atom is 0.287 e. The second-order valence-electron chi connectivity index (χ2n) is 2.23. The van der Waals surface area contributed by atoms with Gasteiger partial charge in [-0.1, -0.05) is 9.97 Å². The van der Waals surface area contributed by atoms with Gasteiger partial charge in [0, 0.05) is 0 Å². The lowest BCUT2D eigenvalue weighted by molar-refractivity contribution is -0.693. The van der Waals surface area contributed by atoms with Gasteiger partial charge in [-0.05, 0) is 6.08 Å². The zero-order valence-electron chi connectivity index (χ0n) is 6.61. The molecule has 0 saturated heterocycles. The van der Waals surface area contributed by atoms with Gasteiger partial charge in [0.15, 0.2) is 0 Å². The van der Waals surface area contributed by atoms with Gasteiger partial charge in [0.2, 0.25) is 12.7 Å². The summed E-state index contributed by atoms with van der Waals surface area (Å²) in [6.45, 7) is 0.292. The number of rotatable bonds is 3. The van der Waals surface area contributed by atoms with E-state index in [0.717, 1.165) is 0 Å². The van der Waals surface area contributed by atoms with Gasteiger partial charge >= 0.3 is 0 Å². The minimum absolute atomic E-state index is 0.292. The molecule has 0 unspecified atom stereocenters. The summed E-state index contributed by atoms with van der Waals surface area (Å²) in [5, 5.41) is 0.715. The molecule has 0 saturated carbocycles. The molecule has 1 aromatic rings. The highest BCUT2D eigenvalue weighted by Crippen LogP contribution is 1.83. The summed E-state index contributed by atoms with van der Waals surface area (Å²) in [7, 11) is -4.03. The van der Waals surface area contributed by atoms with Crippen LogP contribution in [-0.2, 0) is 16.7 Å². The van der Waals surface area contributed by atoms with Crippen molar-refractivity contribution in [3.8, 4) is 0 Å². The topological polar surface area (TPSA) is 84.0 Å². The molecule has 1 aromatic heterocycles. The Morgan fingerprint density at radius 3 is 2.54 bits per heavy atom. The average Bonchev–Trinajstić information content (AvgIpc) is 2.04. The van der Waals surface area contributed by atoms with Gasteiger partial charge < -0.3 is 0 Å². The van der Waals surface area contributed by atoms with Crippen molar-refractivity contribution in [2.75, 3.05) is 0 Å². The van der Waals surface area contributed by atoms with Gasteiger partial charge in [-0.3, -0.25) is 4.55 Å². The second-order valence-corrected chi connectivity index (χ2v) is 3.53. The van der Waals surface area contributed by atoms with Crippen LogP contribution in [0.4, 0.5) is 0 Å². The van der Waals surface area contributed by atoms with Crippen LogP contribution in [0.3, 0.4) is 0 Å². The van der Waals surface area contributed by atoms with E-state index in [4.69, 9.17) is 4.55 Å². The second kappa shape index (κ2) is 4.06. The van der Waals surface area contributed by atoms with Crippen molar-refractivity contribution in [3.63, 3.8) is 0 Å². The first-order chi connectivity index (χ1) is 6.08. The summed E-state index contributed by atoms with van der Waals surface area (Å²) in [5.74, 6) is 0. The minimum Gasteiger partial charge on any atom is -0.282 e. The van der Waals surface area contributed by atoms with Crippen LogP contribution in [0.15, 0.2) is 30.5 Å². The lowest BCUT2D eigenvalue weighted by Crippen LogP contribution is -2.33. The molecule has 7 heteroatoms. The molecule has 0 bridgehead atoms. The lowest BCUT2D eigenvalue weighted by atomic mass is 10.6. The molecule has 13 heavy (non-hydrogen) atoms. The molecule has 1 heterocycles. The SMILES string of the molecule is O=S(=O)(O)/C=C/C[n+]1cncnc1. The molecule has 1 rings (SSSR count). The Kier molecular flexibility index (Phi) is 3.04. The zero-order chi connectivity index (χ0) is 9.73. The first-order valence-electron chi connectivity index (χ1n) is 3.36. The molecule has 0 amide bonds. The number of allylic oxidation sites excluding steroid dienone is 1. The third-order valence-corrected chi connectivity index (χ3v) is 1.68. The van der Waals surface area contributed by atoms with Crippen LogP contribution in [0.25, 0.3) is 0 Å². The maximum atomic E-state index is 10.2. The van der Waals surface area contributed by atoms with E-state index < -0.39 is 10.1 Å². The van der Waals surface area contributed by atoms with Crippen LogP contribution in [-0.4, -0.2) is 22.9 Å². The minimum atomic E-state index is -4.03. The number of hydrogen-bond acceptors (Lipinski definition) is 4. The first-order valence-corrected chi connectivity index (χ1v) is 4.86. The van der Waals surface area contributed by atoms with Crippen molar-refractivity contribution < 1.29 is 17.5 Å². The molecule has 1 N–H and O–H groups in total. The van der Waals surface area contributed by atoms with Gasteiger partial charge in [-0.15, -0.1) is 0 Å². The van der Waals surface area contributed by atoms with Gasteiger partial charge in [-0.25, -0.2) is 4.57 Å². The van der Waals surface area contributed by atoms with Crippen molar-refractivity contribution in [1.82, 2.24) is 9.97 Å². The number of aromatic nitrogens is 3. The highest BCUT2D eigenvalue weighted by molar-refractivity contribution is 7.88. The Hall–Kier alpha value is -1.34. The van der Waals surface area contributed by atoms with E-state index in [9.17, 15) is 8.42 Å². The molecule has 0 aliphatic carbocycles. The molecule has 70 valence electrons. The van der Waals surface area contributed by atoms with Crippen molar-refractivity contribution >= 4 is 10.1 Å². The highest BCUT2D eigenvalue weighted by Gasteiger charge is 1.96. The van der Waals surface area contributed by atoms with E-state index in [2.05, 4.69) is 9.97 Å².